The number of ether oxygens (including phenoxy) is 2. The van der Waals surface area contributed by atoms with Gasteiger partial charge >= 0.3 is 5.97 Å². The zero-order valence-electron chi connectivity index (χ0n) is 14.9. The van der Waals surface area contributed by atoms with Crippen LogP contribution in [0.25, 0.3) is 0 Å². The summed E-state index contributed by atoms with van der Waals surface area (Å²) in [6.07, 6.45) is 0. The first-order chi connectivity index (χ1) is 12.9. The highest BCUT2D eigenvalue weighted by molar-refractivity contribution is 8.03. The molecule has 9 heteroatoms. The van der Waals surface area contributed by atoms with Gasteiger partial charge in [0.25, 0.3) is 0 Å². The molecular weight excluding hydrogens is 370 g/mol. The van der Waals surface area contributed by atoms with Gasteiger partial charge in [-0.1, -0.05) is 30.0 Å². The minimum atomic E-state index is -1.26. The maximum absolute atomic E-state index is 12.6. The van der Waals surface area contributed by atoms with Crippen LogP contribution in [0, 0.1) is 17.2 Å². The van der Waals surface area contributed by atoms with Crippen LogP contribution in [-0.4, -0.2) is 37.3 Å². The Morgan fingerprint density at radius 2 is 2.07 bits per heavy atom. The molecule has 27 heavy (non-hydrogen) atoms. The number of methoxy groups -OCH3 is 1. The lowest BCUT2D eigenvalue weighted by molar-refractivity contribution is -0.150. The summed E-state index contributed by atoms with van der Waals surface area (Å²) in [6.45, 7) is 2.17. The van der Waals surface area contributed by atoms with E-state index in [0.717, 1.165) is 11.8 Å². The fourth-order valence-electron chi connectivity index (χ4n) is 2.82. The topological polar surface area (TPSA) is 132 Å². The van der Waals surface area contributed by atoms with Crippen molar-refractivity contribution in [3.05, 3.63) is 40.4 Å². The van der Waals surface area contributed by atoms with Crippen LogP contribution < -0.4 is 15.8 Å². The van der Waals surface area contributed by atoms with E-state index < -0.39 is 29.6 Å². The van der Waals surface area contributed by atoms with Crippen LogP contribution in [-0.2, 0) is 19.1 Å². The second kappa shape index (κ2) is 9.09. The van der Waals surface area contributed by atoms with Crippen molar-refractivity contribution >= 4 is 29.5 Å². The van der Waals surface area contributed by atoms with Gasteiger partial charge < -0.3 is 20.5 Å². The summed E-state index contributed by atoms with van der Waals surface area (Å²) < 4.78 is 10.4. The van der Waals surface area contributed by atoms with Crippen LogP contribution in [0.3, 0.4) is 0 Å². The standard InChI is InChI=1S/C18H19N3O5S/c1-3-26-12-7-5-4-6-10(12)14-11(8-19)17(27-9-13(20)22)21-16(23)15(14)18(24)25-2/h4-7,14-15H,3,9H2,1-2H3,(H2,20,22)(H,21,23)/t14-,15+/m1/s1. The van der Waals surface area contributed by atoms with Crippen LogP contribution in [0.15, 0.2) is 34.9 Å². The van der Waals surface area contributed by atoms with Gasteiger partial charge in [-0.25, -0.2) is 0 Å². The number of nitrogens with zero attached hydrogens (tertiary/aromatic N) is 1. The Hall–Kier alpha value is -2.99. The van der Waals surface area contributed by atoms with E-state index >= 15 is 0 Å². The molecule has 0 unspecified atom stereocenters. The third-order valence-electron chi connectivity index (χ3n) is 3.90. The molecule has 2 rings (SSSR count). The van der Waals surface area contributed by atoms with Crippen molar-refractivity contribution in [2.24, 2.45) is 11.7 Å². The first-order valence-electron chi connectivity index (χ1n) is 8.10. The molecule has 0 aliphatic carbocycles. The minimum absolute atomic E-state index is 0.122. The van der Waals surface area contributed by atoms with Crippen molar-refractivity contribution in [3.63, 3.8) is 0 Å². The van der Waals surface area contributed by atoms with Crippen LogP contribution in [0.4, 0.5) is 0 Å². The summed E-state index contributed by atoms with van der Waals surface area (Å²) in [5.41, 5.74) is 5.82. The highest BCUT2D eigenvalue weighted by Crippen LogP contribution is 2.43. The molecule has 2 atom stereocenters. The van der Waals surface area contributed by atoms with Crippen molar-refractivity contribution in [3.8, 4) is 11.8 Å². The molecule has 1 heterocycles. The zero-order valence-corrected chi connectivity index (χ0v) is 15.7. The first kappa shape index (κ1) is 20.3. The monoisotopic (exact) mass is 389 g/mol. The summed E-state index contributed by atoms with van der Waals surface area (Å²) in [5.74, 6) is -3.82. The first-order valence-corrected chi connectivity index (χ1v) is 9.08. The maximum Gasteiger partial charge on any atom is 0.319 e. The maximum atomic E-state index is 12.6. The van der Waals surface area contributed by atoms with Gasteiger partial charge in [0.05, 0.1) is 36.1 Å². The van der Waals surface area contributed by atoms with Crippen LogP contribution >= 0.6 is 11.8 Å². The number of nitrogens with one attached hydrogen (secondary N) is 1. The number of hydrogen-bond donors (Lipinski definition) is 2. The summed E-state index contributed by atoms with van der Waals surface area (Å²) in [6, 6.07) is 8.92. The second-order valence-corrected chi connectivity index (χ2v) is 6.53. The van der Waals surface area contributed by atoms with E-state index in [1.165, 1.54) is 7.11 Å². The van der Waals surface area contributed by atoms with E-state index in [0.29, 0.717) is 17.9 Å². The molecule has 1 aromatic carbocycles. The summed E-state index contributed by atoms with van der Waals surface area (Å²) in [5, 5.41) is 12.5. The van der Waals surface area contributed by atoms with E-state index in [4.69, 9.17) is 15.2 Å². The number of amides is 2. The molecule has 8 nitrogen and oxygen atoms in total. The zero-order chi connectivity index (χ0) is 20.0. The molecule has 0 aromatic heterocycles. The Kier molecular flexibility index (Phi) is 6.85. The number of para-hydroxylation sites is 1. The number of hydrogen-bond acceptors (Lipinski definition) is 7. The highest BCUT2D eigenvalue weighted by Gasteiger charge is 2.45. The summed E-state index contributed by atoms with van der Waals surface area (Å²) in [4.78, 5) is 36.1. The van der Waals surface area contributed by atoms with Crippen molar-refractivity contribution < 1.29 is 23.9 Å². The molecular formula is C18H19N3O5S. The van der Waals surface area contributed by atoms with E-state index in [1.807, 2.05) is 0 Å². The van der Waals surface area contributed by atoms with Crippen molar-refractivity contribution in [1.82, 2.24) is 5.32 Å². The van der Waals surface area contributed by atoms with Crippen LogP contribution in [0.1, 0.15) is 18.4 Å². The Balaban J connectivity index is 2.65. The van der Waals surface area contributed by atoms with E-state index in [-0.39, 0.29) is 16.4 Å². The largest absolute Gasteiger partial charge is 0.494 e. The van der Waals surface area contributed by atoms with Gasteiger partial charge in [-0.15, -0.1) is 0 Å². The fraction of sp³-hybridized carbons (Fsp3) is 0.333. The number of thioether (sulfide) groups is 1. The number of benzene rings is 1. The molecule has 1 aliphatic rings. The Morgan fingerprint density at radius 3 is 2.67 bits per heavy atom. The summed E-state index contributed by atoms with van der Waals surface area (Å²) >= 11 is 0.939. The SMILES string of the molecule is CCOc1ccccc1[C@@H]1C(C#N)=C(SCC(N)=O)NC(=O)[C@H]1C(=O)OC. The molecule has 1 aliphatic heterocycles. The molecule has 2 amide bonds. The Morgan fingerprint density at radius 1 is 1.37 bits per heavy atom. The van der Waals surface area contributed by atoms with Gasteiger partial charge in [0.2, 0.25) is 11.8 Å². The molecule has 0 fully saturated rings. The molecule has 1 aromatic rings. The number of nitrogens with two attached hydrogens (primary N) is 1. The molecule has 0 radical (unpaired) electrons. The Bertz CT molecular complexity index is 831. The normalized spacial score (nSPS) is 19.1. The number of allylic oxidation sites excluding steroid dienone is 1. The predicted octanol–water partition coefficient (Wildman–Crippen LogP) is 1.04. The number of carbonyl (C=O) groups excluding carboxylic acids is 3. The van der Waals surface area contributed by atoms with Crippen molar-refractivity contribution in [2.75, 3.05) is 19.5 Å². The minimum Gasteiger partial charge on any atom is -0.494 e. The molecule has 3 N–H and O–H groups in total. The molecule has 0 saturated carbocycles. The fourth-order valence-corrected chi connectivity index (χ4v) is 3.61. The molecule has 0 bridgehead atoms. The van der Waals surface area contributed by atoms with Crippen molar-refractivity contribution in [1.29, 1.82) is 5.26 Å². The number of primary amides is 1. The van der Waals surface area contributed by atoms with Gasteiger partial charge in [0.1, 0.15) is 11.7 Å². The Labute approximate surface area is 160 Å². The third-order valence-corrected chi connectivity index (χ3v) is 4.94. The van der Waals surface area contributed by atoms with Gasteiger partial charge in [-0.3, -0.25) is 14.4 Å². The van der Waals surface area contributed by atoms with Crippen molar-refractivity contribution in [2.45, 2.75) is 12.8 Å². The number of nitriles is 1. The summed E-state index contributed by atoms with van der Waals surface area (Å²) in [7, 11) is 1.17. The number of carbonyl (C=O) groups is 3. The highest BCUT2D eigenvalue weighted by atomic mass is 32.2. The van der Waals surface area contributed by atoms with Gasteiger partial charge in [-0.2, -0.15) is 5.26 Å². The van der Waals surface area contributed by atoms with E-state index in [1.54, 1.807) is 31.2 Å². The van der Waals surface area contributed by atoms with Crippen LogP contribution in [0.2, 0.25) is 0 Å². The van der Waals surface area contributed by atoms with Crippen LogP contribution in [0.5, 0.6) is 5.75 Å². The number of rotatable bonds is 7. The average molecular weight is 389 g/mol. The average Bonchev–Trinajstić information content (AvgIpc) is 2.65. The molecule has 0 saturated heterocycles. The quantitative estimate of drug-likeness (QED) is 0.526. The lowest BCUT2D eigenvalue weighted by Gasteiger charge is -2.31. The second-order valence-electron chi connectivity index (χ2n) is 5.55. The lowest BCUT2D eigenvalue weighted by Crippen LogP contribution is -2.44. The van der Waals surface area contributed by atoms with Gasteiger partial charge in [0.15, 0.2) is 0 Å². The predicted molar refractivity (Wildman–Crippen MR) is 98.3 cm³/mol. The smallest absolute Gasteiger partial charge is 0.319 e. The molecule has 142 valence electrons. The van der Waals surface area contributed by atoms with Gasteiger partial charge in [-0.05, 0) is 13.0 Å². The molecule has 0 spiro atoms. The van der Waals surface area contributed by atoms with E-state index in [9.17, 15) is 19.6 Å². The lowest BCUT2D eigenvalue weighted by atomic mass is 9.78. The third kappa shape index (κ3) is 4.41. The van der Waals surface area contributed by atoms with Gasteiger partial charge in [0, 0.05) is 11.5 Å². The number of esters is 1. The van der Waals surface area contributed by atoms with E-state index in [2.05, 4.69) is 11.4 Å².